The number of para-hydroxylation sites is 2. The van der Waals surface area contributed by atoms with Gasteiger partial charge in [-0.1, -0.05) is 12.1 Å². The Hall–Kier alpha value is -3.14. The third-order valence-electron chi connectivity index (χ3n) is 5.36. The Morgan fingerprint density at radius 1 is 1.33 bits per heavy atom. The lowest BCUT2D eigenvalue weighted by molar-refractivity contribution is -0.272. The smallest absolute Gasteiger partial charge is 0.421 e. The van der Waals surface area contributed by atoms with Crippen LogP contribution in [0, 0.1) is 0 Å². The molecule has 0 saturated carbocycles. The van der Waals surface area contributed by atoms with Crippen LogP contribution >= 0.6 is 0 Å². The topological polar surface area (TPSA) is 80.8 Å². The molecule has 4 rings (SSSR count). The number of pyridine rings is 1. The van der Waals surface area contributed by atoms with Crippen molar-refractivity contribution >= 4 is 17.5 Å². The lowest BCUT2D eigenvalue weighted by atomic mass is 9.94. The molecule has 0 spiro atoms. The second-order valence-electron chi connectivity index (χ2n) is 7.25. The number of likely N-dealkylation sites (N-methyl/N-ethyl adjacent to an activating group) is 1. The predicted molar refractivity (Wildman–Crippen MR) is 99.0 cm³/mol. The molecule has 1 N–H and O–H groups in total. The van der Waals surface area contributed by atoms with Crippen LogP contribution in [0.4, 0.5) is 18.9 Å². The summed E-state index contributed by atoms with van der Waals surface area (Å²) >= 11 is 0. The lowest BCUT2D eigenvalue weighted by Gasteiger charge is -2.27. The summed E-state index contributed by atoms with van der Waals surface area (Å²) in [4.78, 5) is 30.7. The highest BCUT2D eigenvalue weighted by molar-refractivity contribution is 6.02. The van der Waals surface area contributed by atoms with Crippen molar-refractivity contribution in [3.05, 3.63) is 53.3 Å². The number of alkyl halides is 3. The minimum absolute atomic E-state index is 0.125. The first-order valence-corrected chi connectivity index (χ1v) is 9.12. The molecule has 7 nitrogen and oxygen atoms in total. The van der Waals surface area contributed by atoms with Crippen LogP contribution in [-0.2, 0) is 21.7 Å². The number of anilines is 1. The van der Waals surface area contributed by atoms with Crippen LogP contribution in [0.1, 0.15) is 28.5 Å². The van der Waals surface area contributed by atoms with Crippen LogP contribution in [0.15, 0.2) is 36.5 Å². The summed E-state index contributed by atoms with van der Waals surface area (Å²) < 4.78 is 51.0. The fraction of sp³-hybridized carbons (Fsp3) is 0.350. The largest absolute Gasteiger partial charge is 0.489 e. The molecule has 0 unspecified atom stereocenters. The highest BCUT2D eigenvalue weighted by Gasteiger charge is 2.57. The first-order valence-electron chi connectivity index (χ1n) is 9.12. The average molecular weight is 421 g/mol. The molecule has 2 aromatic rings. The number of amides is 2. The van der Waals surface area contributed by atoms with E-state index in [-0.39, 0.29) is 30.0 Å². The minimum Gasteiger partial charge on any atom is -0.489 e. The van der Waals surface area contributed by atoms with Gasteiger partial charge < -0.3 is 19.7 Å². The molecule has 0 saturated heterocycles. The van der Waals surface area contributed by atoms with Crippen LogP contribution in [0.25, 0.3) is 0 Å². The standard InChI is InChI=1S/C20H18F3N3O4/c1-19(20(21,22)23)12-7-13(24-8-11(12)9-30-19)17(27)25-14-10-29-16-6-4-3-5-15(16)26(2)18(14)28/h3-8,14H,9-10H2,1-2H3,(H,25,27)/t14-,19-/m0/s1. The Kier molecular flexibility index (Phi) is 4.69. The maximum Gasteiger partial charge on any atom is 0.421 e. The van der Waals surface area contributed by atoms with Crippen molar-refractivity contribution in [3.63, 3.8) is 0 Å². The zero-order valence-corrected chi connectivity index (χ0v) is 16.1. The van der Waals surface area contributed by atoms with Crippen LogP contribution in [0.2, 0.25) is 0 Å². The molecule has 2 amide bonds. The SMILES string of the molecule is CN1C(=O)[C@@H](NC(=O)c2cc3c(cn2)CO[C@]3(C)C(F)(F)F)COc2ccccc21. The zero-order chi connectivity index (χ0) is 21.7. The number of hydrogen-bond acceptors (Lipinski definition) is 5. The van der Waals surface area contributed by atoms with E-state index >= 15 is 0 Å². The van der Waals surface area contributed by atoms with Gasteiger partial charge in [0.2, 0.25) is 0 Å². The number of hydrogen-bond donors (Lipinski definition) is 1. The van der Waals surface area contributed by atoms with Crippen LogP contribution < -0.4 is 15.0 Å². The molecule has 0 fully saturated rings. The van der Waals surface area contributed by atoms with E-state index in [1.807, 2.05) is 0 Å². The van der Waals surface area contributed by atoms with Crippen LogP contribution in [-0.4, -0.2) is 42.7 Å². The molecule has 1 aromatic carbocycles. The highest BCUT2D eigenvalue weighted by Crippen LogP contribution is 2.47. The zero-order valence-electron chi connectivity index (χ0n) is 16.1. The van der Waals surface area contributed by atoms with Crippen LogP contribution in [0.3, 0.4) is 0 Å². The fourth-order valence-corrected chi connectivity index (χ4v) is 3.49. The molecule has 0 radical (unpaired) electrons. The van der Waals surface area contributed by atoms with Crippen molar-refractivity contribution in [2.75, 3.05) is 18.6 Å². The van der Waals surface area contributed by atoms with Gasteiger partial charge in [-0.3, -0.25) is 14.6 Å². The van der Waals surface area contributed by atoms with Gasteiger partial charge in [0.05, 0.1) is 12.3 Å². The molecule has 2 atom stereocenters. The number of carbonyl (C=O) groups is 2. The van der Waals surface area contributed by atoms with Gasteiger partial charge in [0.15, 0.2) is 5.60 Å². The van der Waals surface area contributed by atoms with E-state index in [0.717, 1.165) is 13.0 Å². The van der Waals surface area contributed by atoms with Crippen molar-refractivity contribution in [3.8, 4) is 5.75 Å². The van der Waals surface area contributed by atoms with E-state index in [9.17, 15) is 22.8 Å². The number of aromatic nitrogens is 1. The van der Waals surface area contributed by atoms with Crippen molar-refractivity contribution in [1.82, 2.24) is 10.3 Å². The predicted octanol–water partition coefficient (Wildman–Crippen LogP) is 2.54. The van der Waals surface area contributed by atoms with Gasteiger partial charge in [-0.05, 0) is 25.1 Å². The molecule has 3 heterocycles. The summed E-state index contributed by atoms with van der Waals surface area (Å²) in [6.45, 7) is 0.536. The number of fused-ring (bicyclic) bond motifs is 2. The second kappa shape index (κ2) is 6.98. The molecule has 10 heteroatoms. The molecule has 1 aromatic heterocycles. The molecule has 30 heavy (non-hydrogen) atoms. The Balaban J connectivity index is 1.57. The number of ether oxygens (including phenoxy) is 2. The van der Waals surface area contributed by atoms with E-state index < -0.39 is 29.6 Å². The fourth-order valence-electron chi connectivity index (χ4n) is 3.49. The van der Waals surface area contributed by atoms with E-state index in [1.54, 1.807) is 31.3 Å². The summed E-state index contributed by atoms with van der Waals surface area (Å²) in [5.41, 5.74) is -2.12. The Morgan fingerprint density at radius 2 is 2.07 bits per heavy atom. The first kappa shape index (κ1) is 20.1. The number of nitrogens with zero attached hydrogens (tertiary/aromatic N) is 2. The van der Waals surface area contributed by atoms with Crippen molar-refractivity contribution < 1.29 is 32.2 Å². The third kappa shape index (κ3) is 3.17. The summed E-state index contributed by atoms with van der Waals surface area (Å²) in [5, 5.41) is 2.51. The third-order valence-corrected chi connectivity index (χ3v) is 5.36. The summed E-state index contributed by atoms with van der Waals surface area (Å²) in [7, 11) is 1.55. The molecular formula is C20H18F3N3O4. The van der Waals surface area contributed by atoms with Gasteiger partial charge in [-0.2, -0.15) is 13.2 Å². The van der Waals surface area contributed by atoms with E-state index in [2.05, 4.69) is 10.3 Å². The number of nitrogens with one attached hydrogen (secondary N) is 1. The molecular weight excluding hydrogens is 403 g/mol. The van der Waals surface area contributed by atoms with Crippen molar-refractivity contribution in [2.24, 2.45) is 0 Å². The lowest BCUT2D eigenvalue weighted by Crippen LogP contribution is -2.49. The molecule has 158 valence electrons. The minimum atomic E-state index is -4.66. The van der Waals surface area contributed by atoms with E-state index in [1.165, 1.54) is 11.1 Å². The molecule has 0 bridgehead atoms. The molecule has 2 aliphatic heterocycles. The van der Waals surface area contributed by atoms with Gasteiger partial charge in [-0.15, -0.1) is 0 Å². The average Bonchev–Trinajstić information content (AvgIpc) is 3.02. The van der Waals surface area contributed by atoms with Gasteiger partial charge in [0, 0.05) is 24.4 Å². The number of halogens is 3. The van der Waals surface area contributed by atoms with E-state index in [4.69, 9.17) is 9.47 Å². The Morgan fingerprint density at radius 3 is 2.80 bits per heavy atom. The normalized spacial score (nSPS) is 23.3. The second-order valence-corrected chi connectivity index (χ2v) is 7.25. The number of rotatable bonds is 2. The summed E-state index contributed by atoms with van der Waals surface area (Å²) in [5.74, 6) is -0.715. The Bertz CT molecular complexity index is 1030. The maximum atomic E-state index is 13.5. The van der Waals surface area contributed by atoms with Crippen LogP contribution in [0.5, 0.6) is 5.75 Å². The molecule has 2 aliphatic rings. The Labute approximate surface area is 169 Å². The van der Waals surface area contributed by atoms with Gasteiger partial charge in [0.1, 0.15) is 24.1 Å². The number of benzene rings is 1. The monoisotopic (exact) mass is 421 g/mol. The summed E-state index contributed by atoms with van der Waals surface area (Å²) in [6.07, 6.45) is -3.47. The highest BCUT2D eigenvalue weighted by atomic mass is 19.4. The van der Waals surface area contributed by atoms with Gasteiger partial charge >= 0.3 is 6.18 Å². The van der Waals surface area contributed by atoms with Crippen molar-refractivity contribution in [2.45, 2.75) is 31.3 Å². The van der Waals surface area contributed by atoms with E-state index in [0.29, 0.717) is 11.4 Å². The van der Waals surface area contributed by atoms with Gasteiger partial charge in [0.25, 0.3) is 11.8 Å². The number of carbonyl (C=O) groups excluding carboxylic acids is 2. The quantitative estimate of drug-likeness (QED) is 0.806. The van der Waals surface area contributed by atoms with Crippen molar-refractivity contribution in [1.29, 1.82) is 0 Å². The van der Waals surface area contributed by atoms with Gasteiger partial charge in [-0.25, -0.2) is 0 Å². The molecule has 0 aliphatic carbocycles. The first-order chi connectivity index (χ1) is 14.1. The maximum absolute atomic E-state index is 13.5. The summed E-state index contributed by atoms with van der Waals surface area (Å²) in [6, 6.07) is 6.94.